The molecule has 34 heavy (non-hydrogen) atoms. The second-order valence-corrected chi connectivity index (χ2v) is 8.88. The summed E-state index contributed by atoms with van der Waals surface area (Å²) in [5, 5.41) is 0. The molecule has 0 amide bonds. The number of hydrogen-bond donors (Lipinski definition) is 0. The summed E-state index contributed by atoms with van der Waals surface area (Å²) in [7, 11) is 0. The molecule has 0 radical (unpaired) electrons. The lowest BCUT2D eigenvalue weighted by atomic mass is 9.99. The molecule has 0 saturated carbocycles. The quantitative estimate of drug-likeness (QED) is 0.178. The Labute approximate surface area is 208 Å². The van der Waals surface area contributed by atoms with Crippen LogP contribution in [-0.4, -0.2) is 25.1 Å². The molecule has 0 fully saturated rings. The Hall–Kier alpha value is -3.38. The number of rotatable bonds is 9. The van der Waals surface area contributed by atoms with E-state index in [0.29, 0.717) is 30.8 Å². The van der Waals surface area contributed by atoms with Crippen LogP contribution in [0.2, 0.25) is 0 Å². The number of aliphatic imine (C=N–C) groups is 1. The van der Waals surface area contributed by atoms with E-state index < -0.39 is 5.97 Å². The Morgan fingerprint density at radius 3 is 2.47 bits per heavy atom. The maximum absolute atomic E-state index is 12.4. The van der Waals surface area contributed by atoms with Gasteiger partial charge in [-0.25, -0.2) is 9.79 Å². The highest BCUT2D eigenvalue weighted by atomic mass is 79.9. The van der Waals surface area contributed by atoms with Gasteiger partial charge in [0.05, 0.1) is 0 Å². The Bertz CT molecular complexity index is 1200. The predicted octanol–water partition coefficient (Wildman–Crippen LogP) is 6.76. The van der Waals surface area contributed by atoms with Crippen LogP contribution >= 0.6 is 15.9 Å². The molecule has 0 aliphatic carbocycles. The van der Waals surface area contributed by atoms with Crippen LogP contribution in [0.3, 0.4) is 0 Å². The van der Waals surface area contributed by atoms with Crippen molar-refractivity contribution >= 4 is 33.9 Å². The minimum Gasteiger partial charge on any atom is -0.490 e. The lowest BCUT2D eigenvalue weighted by Gasteiger charge is -2.12. The third kappa shape index (κ3) is 5.94. The molecule has 1 aliphatic heterocycles. The minimum atomic E-state index is -0.492. The van der Waals surface area contributed by atoms with Gasteiger partial charge in [0.2, 0.25) is 5.90 Å². The Kier molecular flexibility index (Phi) is 7.80. The van der Waals surface area contributed by atoms with Gasteiger partial charge < -0.3 is 14.2 Å². The SMILES string of the molecule is CC[C@H](C)c1ccc(OCCOc2ccc(Br)cc2/C=C2\N=C(c3ccccc3)OC2=O)cc1. The fourth-order valence-electron chi connectivity index (χ4n) is 3.46. The average molecular weight is 520 g/mol. The van der Waals surface area contributed by atoms with Crippen molar-refractivity contribution < 1.29 is 19.0 Å². The smallest absolute Gasteiger partial charge is 0.363 e. The van der Waals surface area contributed by atoms with Crippen molar-refractivity contribution in [3.8, 4) is 11.5 Å². The number of carbonyl (C=O) groups excluding carboxylic acids is 1. The van der Waals surface area contributed by atoms with E-state index in [-0.39, 0.29) is 5.70 Å². The molecular formula is C28H26BrNO4. The Balaban J connectivity index is 1.41. The third-order valence-corrected chi connectivity index (χ3v) is 6.07. The molecule has 0 spiro atoms. The third-order valence-electron chi connectivity index (χ3n) is 5.58. The number of carbonyl (C=O) groups is 1. The van der Waals surface area contributed by atoms with Crippen molar-refractivity contribution in [1.29, 1.82) is 0 Å². The summed E-state index contributed by atoms with van der Waals surface area (Å²) < 4.78 is 18.0. The zero-order chi connectivity index (χ0) is 23.9. The van der Waals surface area contributed by atoms with Gasteiger partial charge >= 0.3 is 5.97 Å². The number of ether oxygens (including phenoxy) is 3. The molecule has 4 rings (SSSR count). The molecule has 6 heteroatoms. The topological polar surface area (TPSA) is 57.1 Å². The molecular weight excluding hydrogens is 494 g/mol. The van der Waals surface area contributed by atoms with Crippen LogP contribution in [0, 0.1) is 0 Å². The zero-order valence-electron chi connectivity index (χ0n) is 19.2. The first kappa shape index (κ1) is 23.8. The molecule has 0 aromatic heterocycles. The maximum atomic E-state index is 12.4. The highest BCUT2D eigenvalue weighted by molar-refractivity contribution is 9.10. The van der Waals surface area contributed by atoms with E-state index >= 15 is 0 Å². The summed E-state index contributed by atoms with van der Waals surface area (Å²) in [6.45, 7) is 5.15. The average Bonchev–Trinajstić information content (AvgIpc) is 3.23. The lowest BCUT2D eigenvalue weighted by Crippen LogP contribution is -2.09. The normalized spacial score (nSPS) is 15.1. The first-order valence-electron chi connectivity index (χ1n) is 11.3. The molecule has 1 heterocycles. The standard InChI is InChI=1S/C28H26BrNO4/c1-3-19(2)20-9-12-24(13-10-20)32-15-16-33-26-14-11-23(29)17-22(26)18-25-28(31)34-27(30-25)21-7-5-4-6-8-21/h4-14,17-19H,3,15-16H2,1-2H3/b25-18-/t19-/m0/s1. The number of esters is 1. The van der Waals surface area contributed by atoms with Gasteiger partial charge in [0.25, 0.3) is 0 Å². The van der Waals surface area contributed by atoms with Crippen molar-refractivity contribution in [2.24, 2.45) is 4.99 Å². The minimum absolute atomic E-state index is 0.222. The van der Waals surface area contributed by atoms with Crippen molar-refractivity contribution in [2.75, 3.05) is 13.2 Å². The Morgan fingerprint density at radius 1 is 1.00 bits per heavy atom. The van der Waals surface area contributed by atoms with Crippen LogP contribution < -0.4 is 9.47 Å². The van der Waals surface area contributed by atoms with Crippen LogP contribution in [0.25, 0.3) is 6.08 Å². The van der Waals surface area contributed by atoms with E-state index in [0.717, 1.165) is 27.8 Å². The summed E-state index contributed by atoms with van der Waals surface area (Å²) in [6, 6.07) is 23.1. The van der Waals surface area contributed by atoms with E-state index in [4.69, 9.17) is 14.2 Å². The first-order valence-corrected chi connectivity index (χ1v) is 12.1. The van der Waals surface area contributed by atoms with Gasteiger partial charge in [-0.2, -0.15) is 0 Å². The summed E-state index contributed by atoms with van der Waals surface area (Å²) in [6.07, 6.45) is 2.78. The number of hydrogen-bond acceptors (Lipinski definition) is 5. The molecule has 3 aromatic rings. The summed E-state index contributed by atoms with van der Waals surface area (Å²) >= 11 is 3.48. The summed E-state index contributed by atoms with van der Waals surface area (Å²) in [4.78, 5) is 16.8. The van der Waals surface area contributed by atoms with Gasteiger partial charge in [0.1, 0.15) is 24.7 Å². The van der Waals surface area contributed by atoms with Crippen LogP contribution in [-0.2, 0) is 9.53 Å². The molecule has 0 saturated heterocycles. The van der Waals surface area contributed by atoms with E-state index in [2.05, 4.69) is 46.9 Å². The summed E-state index contributed by atoms with van der Waals surface area (Å²) in [5.41, 5.74) is 3.00. The number of cyclic esters (lactones) is 1. The van der Waals surface area contributed by atoms with Gasteiger partial charge in [-0.1, -0.05) is 60.1 Å². The van der Waals surface area contributed by atoms with Gasteiger partial charge in [-0.05, 0) is 66.4 Å². The number of halogens is 1. The molecule has 3 aromatic carbocycles. The molecule has 5 nitrogen and oxygen atoms in total. The first-order chi connectivity index (χ1) is 16.5. The van der Waals surface area contributed by atoms with Gasteiger partial charge in [-0.3, -0.25) is 0 Å². The maximum Gasteiger partial charge on any atom is 0.363 e. The van der Waals surface area contributed by atoms with Gasteiger partial charge in [0, 0.05) is 15.6 Å². The molecule has 0 N–H and O–H groups in total. The molecule has 0 bridgehead atoms. The van der Waals surface area contributed by atoms with Crippen LogP contribution in [0.5, 0.6) is 11.5 Å². The van der Waals surface area contributed by atoms with Crippen molar-refractivity contribution in [2.45, 2.75) is 26.2 Å². The fraction of sp³-hybridized carbons (Fsp3) is 0.214. The molecule has 1 atom stereocenters. The van der Waals surface area contributed by atoms with Crippen molar-refractivity contribution in [3.05, 3.63) is 99.7 Å². The van der Waals surface area contributed by atoms with Crippen LogP contribution in [0.1, 0.15) is 42.9 Å². The van der Waals surface area contributed by atoms with Gasteiger partial charge in [-0.15, -0.1) is 0 Å². The summed E-state index contributed by atoms with van der Waals surface area (Å²) in [5.74, 6) is 1.77. The van der Waals surface area contributed by atoms with E-state index in [1.807, 2.05) is 60.7 Å². The second kappa shape index (κ2) is 11.2. The Morgan fingerprint density at radius 2 is 1.74 bits per heavy atom. The second-order valence-electron chi connectivity index (χ2n) is 7.96. The van der Waals surface area contributed by atoms with Crippen molar-refractivity contribution in [3.63, 3.8) is 0 Å². The van der Waals surface area contributed by atoms with E-state index in [1.165, 1.54) is 5.56 Å². The highest BCUT2D eigenvalue weighted by Gasteiger charge is 2.24. The monoisotopic (exact) mass is 519 g/mol. The van der Waals surface area contributed by atoms with Crippen LogP contribution in [0.15, 0.2) is 88.0 Å². The number of nitrogens with zero attached hydrogens (tertiary/aromatic N) is 1. The zero-order valence-corrected chi connectivity index (χ0v) is 20.7. The highest BCUT2D eigenvalue weighted by Crippen LogP contribution is 2.28. The number of benzene rings is 3. The van der Waals surface area contributed by atoms with Crippen molar-refractivity contribution in [1.82, 2.24) is 0 Å². The van der Waals surface area contributed by atoms with Gasteiger partial charge in [0.15, 0.2) is 5.70 Å². The van der Waals surface area contributed by atoms with E-state index in [1.54, 1.807) is 6.08 Å². The predicted molar refractivity (Wildman–Crippen MR) is 137 cm³/mol. The lowest BCUT2D eigenvalue weighted by molar-refractivity contribution is -0.129. The molecule has 0 unspecified atom stereocenters. The molecule has 1 aliphatic rings. The van der Waals surface area contributed by atoms with Crippen LogP contribution in [0.4, 0.5) is 0 Å². The largest absolute Gasteiger partial charge is 0.490 e. The fourth-order valence-corrected chi connectivity index (χ4v) is 3.84. The van der Waals surface area contributed by atoms with E-state index in [9.17, 15) is 4.79 Å². The molecule has 174 valence electrons.